The van der Waals surface area contributed by atoms with Crippen LogP contribution in [0.2, 0.25) is 0 Å². The SMILES string of the molecule is CC1(C)S[C@@H]2[C@H](NC(=O)[C@H](NC(=O)N3CCN(S(C)(=O)=O)C3=O)c3ccccc3)C(=O)N2[C@H]1C(=O)OCCN1CCCC1.Cl. The second kappa shape index (κ2) is 13.1. The Hall–Kier alpha value is -3.08. The van der Waals surface area contributed by atoms with E-state index in [1.54, 1.807) is 30.3 Å². The van der Waals surface area contributed by atoms with Gasteiger partial charge in [-0.25, -0.2) is 32.0 Å². The van der Waals surface area contributed by atoms with E-state index in [1.165, 1.54) is 16.7 Å². The number of thioether (sulfide) groups is 1. The Bertz CT molecular complexity index is 1410. The summed E-state index contributed by atoms with van der Waals surface area (Å²) in [6.07, 6.45) is 3.13. The number of ether oxygens (including phenoxy) is 1. The molecule has 1 aromatic carbocycles. The standard InChI is InChI=1S/C27H36N6O8S2.ClH/c1-27(2)20(24(36)41-16-15-30-11-7-8-12-30)33-22(35)19(23(33)42-27)28-21(34)18(17-9-5-4-6-10-17)29-25(37)31-13-14-32(26(31)38)43(3,39)40;/h4-6,9-10,18-20,23H,7-8,11-16H2,1-3H3,(H,28,34)(H,29,37);1H/t18-,19-,20+,23-;/m1./s1. The Kier molecular flexibility index (Phi) is 10.1. The van der Waals surface area contributed by atoms with Crippen molar-refractivity contribution < 1.29 is 37.1 Å². The molecule has 1 aromatic rings. The number of likely N-dealkylation sites (tertiary alicyclic amines) is 1. The third-order valence-corrected chi connectivity index (χ3v) is 10.8. The number of carbonyl (C=O) groups is 5. The smallest absolute Gasteiger partial charge is 0.341 e. The molecule has 4 aliphatic heterocycles. The van der Waals surface area contributed by atoms with Crippen LogP contribution in [-0.4, -0.2) is 125 Å². The van der Waals surface area contributed by atoms with Gasteiger partial charge in [-0.15, -0.1) is 24.2 Å². The van der Waals surface area contributed by atoms with Crippen molar-refractivity contribution >= 4 is 64.0 Å². The third kappa shape index (κ3) is 6.62. The highest BCUT2D eigenvalue weighted by Crippen LogP contribution is 2.51. The molecule has 4 atom stereocenters. The fourth-order valence-corrected chi connectivity index (χ4v) is 8.30. The molecular formula is C27H37ClN6O8S2. The molecule has 242 valence electrons. The Balaban J connectivity index is 0.00000442. The van der Waals surface area contributed by atoms with Crippen LogP contribution in [0.3, 0.4) is 0 Å². The van der Waals surface area contributed by atoms with E-state index >= 15 is 0 Å². The Morgan fingerprint density at radius 1 is 1.07 bits per heavy atom. The van der Waals surface area contributed by atoms with Gasteiger partial charge in [0.2, 0.25) is 21.8 Å². The normalized spacial score (nSPS) is 25.2. The summed E-state index contributed by atoms with van der Waals surface area (Å²) in [6.45, 7) is 6.18. The van der Waals surface area contributed by atoms with Gasteiger partial charge in [-0.05, 0) is 45.3 Å². The average Bonchev–Trinajstić information content (AvgIpc) is 3.67. The number of hydrogen-bond donors (Lipinski definition) is 2. The van der Waals surface area contributed by atoms with Crippen LogP contribution in [0.4, 0.5) is 9.59 Å². The number of nitrogens with one attached hydrogen (secondary N) is 2. The average molecular weight is 673 g/mol. The number of hydrogen-bond acceptors (Lipinski definition) is 10. The molecule has 2 N–H and O–H groups in total. The molecule has 4 saturated heterocycles. The molecule has 14 nitrogen and oxygen atoms in total. The molecule has 0 aliphatic carbocycles. The number of amides is 6. The van der Waals surface area contributed by atoms with Crippen LogP contribution < -0.4 is 10.6 Å². The van der Waals surface area contributed by atoms with Gasteiger partial charge in [-0.1, -0.05) is 30.3 Å². The predicted molar refractivity (Wildman–Crippen MR) is 163 cm³/mol. The molecule has 4 heterocycles. The minimum Gasteiger partial charge on any atom is -0.463 e. The maximum atomic E-state index is 13.6. The predicted octanol–water partition coefficient (Wildman–Crippen LogP) is 0.742. The fraction of sp³-hybridized carbons (Fsp3) is 0.593. The lowest BCUT2D eigenvalue weighted by atomic mass is 9.95. The lowest BCUT2D eigenvalue weighted by Gasteiger charge is -2.44. The maximum absolute atomic E-state index is 13.6. The third-order valence-electron chi connectivity index (χ3n) is 8.09. The van der Waals surface area contributed by atoms with Gasteiger partial charge >= 0.3 is 18.0 Å². The van der Waals surface area contributed by atoms with Crippen molar-refractivity contribution in [1.82, 2.24) is 29.6 Å². The number of urea groups is 2. The Labute approximate surface area is 266 Å². The number of β-lactam (4-membered cyclic amide) rings is 1. The summed E-state index contributed by atoms with van der Waals surface area (Å²) in [5.74, 6) is -1.61. The molecule has 4 fully saturated rings. The van der Waals surface area contributed by atoms with Crippen molar-refractivity contribution in [3.63, 3.8) is 0 Å². The zero-order valence-corrected chi connectivity index (χ0v) is 27.1. The Morgan fingerprint density at radius 3 is 2.34 bits per heavy atom. The first kappa shape index (κ1) is 33.8. The number of carbonyl (C=O) groups excluding carboxylic acids is 5. The monoisotopic (exact) mass is 672 g/mol. The molecule has 6 amide bonds. The van der Waals surface area contributed by atoms with Crippen molar-refractivity contribution in [2.75, 3.05) is 45.6 Å². The second-order valence-corrected chi connectivity index (χ2v) is 15.2. The summed E-state index contributed by atoms with van der Waals surface area (Å²) in [5.41, 5.74) is 0.391. The first-order valence-electron chi connectivity index (χ1n) is 14.1. The number of sulfonamides is 1. The van der Waals surface area contributed by atoms with Gasteiger partial charge in [0.05, 0.1) is 19.3 Å². The first-order valence-corrected chi connectivity index (χ1v) is 16.9. The lowest BCUT2D eigenvalue weighted by Crippen LogP contribution is -2.71. The Morgan fingerprint density at radius 2 is 1.73 bits per heavy atom. The van der Waals surface area contributed by atoms with Gasteiger partial charge in [-0.2, -0.15) is 0 Å². The lowest BCUT2D eigenvalue weighted by molar-refractivity contribution is -0.164. The van der Waals surface area contributed by atoms with Crippen LogP contribution in [0.5, 0.6) is 0 Å². The number of benzene rings is 1. The molecule has 4 aliphatic rings. The number of rotatable bonds is 9. The topological polar surface area (TPSA) is 166 Å². The molecule has 0 radical (unpaired) electrons. The first-order chi connectivity index (χ1) is 20.3. The van der Waals surface area contributed by atoms with Crippen molar-refractivity contribution in [3.05, 3.63) is 35.9 Å². The van der Waals surface area contributed by atoms with Gasteiger partial charge < -0.3 is 20.3 Å². The summed E-state index contributed by atoms with van der Waals surface area (Å²) >= 11 is 1.39. The molecule has 0 aromatic heterocycles. The summed E-state index contributed by atoms with van der Waals surface area (Å²) < 4.78 is 29.2. The van der Waals surface area contributed by atoms with Gasteiger partial charge in [0.25, 0.3) is 0 Å². The summed E-state index contributed by atoms with van der Waals surface area (Å²) in [7, 11) is -3.87. The van der Waals surface area contributed by atoms with E-state index in [0.29, 0.717) is 16.4 Å². The molecule has 0 saturated carbocycles. The van der Waals surface area contributed by atoms with Crippen LogP contribution in [0.15, 0.2) is 30.3 Å². The molecule has 5 rings (SSSR count). The van der Waals surface area contributed by atoms with Gasteiger partial charge in [-0.3, -0.25) is 14.5 Å². The van der Waals surface area contributed by atoms with Gasteiger partial charge in [0.15, 0.2) is 0 Å². The fourth-order valence-electron chi connectivity index (χ4n) is 5.88. The largest absolute Gasteiger partial charge is 0.463 e. The number of halogens is 1. The number of esters is 1. The van der Waals surface area contributed by atoms with Crippen LogP contribution in [-0.2, 0) is 29.1 Å². The molecule has 0 spiro atoms. The molecule has 0 bridgehead atoms. The highest BCUT2D eigenvalue weighted by Gasteiger charge is 2.64. The maximum Gasteiger partial charge on any atom is 0.341 e. The van der Waals surface area contributed by atoms with E-state index in [2.05, 4.69) is 15.5 Å². The van der Waals surface area contributed by atoms with E-state index < -0.39 is 68.1 Å². The zero-order chi connectivity index (χ0) is 31.1. The minimum absolute atomic E-state index is 0. The molecular weight excluding hydrogens is 636 g/mol. The number of imide groups is 1. The summed E-state index contributed by atoms with van der Waals surface area (Å²) in [6, 6.07) is 3.26. The van der Waals surface area contributed by atoms with E-state index in [4.69, 9.17) is 4.74 Å². The van der Waals surface area contributed by atoms with E-state index in [0.717, 1.165) is 37.1 Å². The van der Waals surface area contributed by atoms with Crippen LogP contribution in [0.1, 0.15) is 38.3 Å². The van der Waals surface area contributed by atoms with Crippen molar-refractivity contribution in [1.29, 1.82) is 0 Å². The van der Waals surface area contributed by atoms with Crippen molar-refractivity contribution in [2.24, 2.45) is 0 Å². The highest BCUT2D eigenvalue weighted by atomic mass is 35.5. The highest BCUT2D eigenvalue weighted by molar-refractivity contribution is 8.01. The molecule has 0 unspecified atom stereocenters. The number of nitrogens with zero attached hydrogens (tertiary/aromatic N) is 4. The summed E-state index contributed by atoms with van der Waals surface area (Å²) in [4.78, 5) is 70.0. The second-order valence-electron chi connectivity index (χ2n) is 11.5. The molecule has 44 heavy (non-hydrogen) atoms. The van der Waals surface area contributed by atoms with Crippen LogP contribution in [0, 0.1) is 0 Å². The quantitative estimate of drug-likeness (QED) is 0.282. The van der Waals surface area contributed by atoms with E-state index in [9.17, 15) is 32.4 Å². The number of fused-ring (bicyclic) bond motifs is 1. The van der Waals surface area contributed by atoms with Gasteiger partial charge in [0, 0.05) is 11.3 Å². The molecule has 17 heteroatoms. The summed E-state index contributed by atoms with van der Waals surface area (Å²) in [5, 5.41) is 4.72. The van der Waals surface area contributed by atoms with Crippen molar-refractivity contribution in [3.8, 4) is 0 Å². The van der Waals surface area contributed by atoms with Crippen LogP contribution in [0.25, 0.3) is 0 Å². The van der Waals surface area contributed by atoms with E-state index in [1.807, 2.05) is 13.8 Å². The zero-order valence-electron chi connectivity index (χ0n) is 24.6. The van der Waals surface area contributed by atoms with Crippen molar-refractivity contribution in [2.45, 2.75) is 54.9 Å². The minimum atomic E-state index is -3.87. The van der Waals surface area contributed by atoms with E-state index in [-0.39, 0.29) is 32.1 Å². The van der Waals surface area contributed by atoms with Crippen LogP contribution >= 0.6 is 24.2 Å². The van der Waals surface area contributed by atoms with Gasteiger partial charge in [0.1, 0.15) is 30.1 Å².